The van der Waals surface area contributed by atoms with Crippen molar-refractivity contribution in [3.8, 4) is 0 Å². The highest BCUT2D eigenvalue weighted by Crippen LogP contribution is 2.02. The zero-order chi connectivity index (χ0) is 6.95. The molecule has 0 amide bonds. The SMILES string of the molecule is SOCCCCCCBr. The Labute approximate surface area is 70.9 Å². The molecule has 0 aliphatic rings. The van der Waals surface area contributed by atoms with E-state index in [1.165, 1.54) is 19.3 Å². The van der Waals surface area contributed by atoms with Crippen LogP contribution < -0.4 is 0 Å². The maximum absolute atomic E-state index is 4.60. The summed E-state index contributed by atoms with van der Waals surface area (Å²) in [6.07, 6.45) is 4.96. The van der Waals surface area contributed by atoms with Gasteiger partial charge in [-0.25, -0.2) is 0 Å². The van der Waals surface area contributed by atoms with Crippen molar-refractivity contribution in [3.63, 3.8) is 0 Å². The molecule has 0 unspecified atom stereocenters. The molecule has 3 heteroatoms. The minimum absolute atomic E-state index is 0.783. The highest BCUT2D eigenvalue weighted by Gasteiger charge is 1.86. The molecule has 0 atom stereocenters. The van der Waals surface area contributed by atoms with Gasteiger partial charge in [0.1, 0.15) is 0 Å². The zero-order valence-electron chi connectivity index (χ0n) is 5.48. The van der Waals surface area contributed by atoms with Crippen molar-refractivity contribution in [2.24, 2.45) is 0 Å². The fraction of sp³-hybridized carbons (Fsp3) is 1.00. The van der Waals surface area contributed by atoms with Crippen LogP contribution in [0.25, 0.3) is 0 Å². The van der Waals surface area contributed by atoms with Crippen molar-refractivity contribution in [2.45, 2.75) is 25.7 Å². The van der Waals surface area contributed by atoms with E-state index in [9.17, 15) is 0 Å². The molecule has 9 heavy (non-hydrogen) atoms. The highest BCUT2D eigenvalue weighted by atomic mass is 79.9. The first-order valence-electron chi connectivity index (χ1n) is 3.24. The van der Waals surface area contributed by atoms with E-state index in [4.69, 9.17) is 0 Å². The summed E-state index contributed by atoms with van der Waals surface area (Å²) in [7, 11) is 0. The largest absolute Gasteiger partial charge is 0.319 e. The first-order chi connectivity index (χ1) is 4.41. The van der Waals surface area contributed by atoms with E-state index in [0.717, 1.165) is 18.4 Å². The third-order valence-electron chi connectivity index (χ3n) is 1.12. The van der Waals surface area contributed by atoms with Crippen molar-refractivity contribution in [1.82, 2.24) is 0 Å². The lowest BCUT2D eigenvalue weighted by molar-refractivity contribution is 0.363. The topological polar surface area (TPSA) is 9.23 Å². The number of hydrogen-bond acceptors (Lipinski definition) is 2. The molecule has 0 saturated heterocycles. The van der Waals surface area contributed by atoms with Crippen LogP contribution in [0.15, 0.2) is 0 Å². The number of rotatable bonds is 6. The molecule has 1 nitrogen and oxygen atoms in total. The second-order valence-corrected chi connectivity index (χ2v) is 2.99. The smallest absolute Gasteiger partial charge is 0.0610 e. The van der Waals surface area contributed by atoms with Crippen LogP contribution in [0.3, 0.4) is 0 Å². The van der Waals surface area contributed by atoms with Crippen molar-refractivity contribution in [1.29, 1.82) is 0 Å². The van der Waals surface area contributed by atoms with Gasteiger partial charge in [-0.1, -0.05) is 28.8 Å². The van der Waals surface area contributed by atoms with Gasteiger partial charge in [0.2, 0.25) is 0 Å². The Kier molecular flexibility index (Phi) is 9.56. The molecule has 0 rings (SSSR count). The van der Waals surface area contributed by atoms with Crippen molar-refractivity contribution in [2.75, 3.05) is 11.9 Å². The summed E-state index contributed by atoms with van der Waals surface area (Å²) < 4.78 is 4.60. The van der Waals surface area contributed by atoms with Crippen LogP contribution >= 0.6 is 28.8 Å². The summed E-state index contributed by atoms with van der Waals surface area (Å²) in [5.74, 6) is 0. The van der Waals surface area contributed by atoms with E-state index in [1.54, 1.807) is 0 Å². The second-order valence-electron chi connectivity index (χ2n) is 1.94. The molecule has 0 aromatic rings. The molecule has 0 fully saturated rings. The van der Waals surface area contributed by atoms with Crippen LogP contribution in [0, 0.1) is 0 Å². The number of hydrogen-bond donors (Lipinski definition) is 1. The Hall–Kier alpha value is 0.790. The summed E-state index contributed by atoms with van der Waals surface area (Å²) in [6.45, 7) is 0.783. The minimum Gasteiger partial charge on any atom is -0.319 e. The summed E-state index contributed by atoms with van der Waals surface area (Å²) in [5.41, 5.74) is 0. The molecule has 0 spiro atoms. The van der Waals surface area contributed by atoms with Gasteiger partial charge < -0.3 is 4.18 Å². The van der Waals surface area contributed by atoms with Gasteiger partial charge >= 0.3 is 0 Å². The molecule has 0 N–H and O–H groups in total. The van der Waals surface area contributed by atoms with Gasteiger partial charge in [-0.15, -0.1) is 0 Å². The molecule has 0 aromatic carbocycles. The van der Waals surface area contributed by atoms with Gasteiger partial charge in [0.15, 0.2) is 0 Å². The lowest BCUT2D eigenvalue weighted by Crippen LogP contribution is -1.84. The van der Waals surface area contributed by atoms with Crippen LogP contribution in [0.5, 0.6) is 0 Å². The van der Waals surface area contributed by atoms with Gasteiger partial charge in [0.05, 0.1) is 6.61 Å². The fourth-order valence-electron chi connectivity index (χ4n) is 0.615. The van der Waals surface area contributed by atoms with Crippen LogP contribution in [-0.2, 0) is 4.18 Å². The van der Waals surface area contributed by atoms with Gasteiger partial charge in [0, 0.05) is 5.33 Å². The number of thiol groups is 1. The average Bonchev–Trinajstić information content (AvgIpc) is 1.89. The van der Waals surface area contributed by atoms with Crippen LogP contribution in [0.1, 0.15) is 25.7 Å². The van der Waals surface area contributed by atoms with Gasteiger partial charge in [-0.3, -0.25) is 0 Å². The molecule has 0 aromatic heterocycles. The maximum atomic E-state index is 4.60. The van der Waals surface area contributed by atoms with E-state index in [2.05, 4.69) is 33.0 Å². The predicted octanol–water partition coefficient (Wildman–Crippen LogP) is 2.80. The van der Waals surface area contributed by atoms with E-state index >= 15 is 0 Å². The maximum Gasteiger partial charge on any atom is 0.0610 e. The zero-order valence-corrected chi connectivity index (χ0v) is 7.96. The average molecular weight is 213 g/mol. The molecule has 0 bridgehead atoms. The van der Waals surface area contributed by atoms with E-state index < -0.39 is 0 Å². The molecule has 0 aliphatic heterocycles. The Morgan fingerprint density at radius 1 is 1.11 bits per heavy atom. The van der Waals surface area contributed by atoms with Gasteiger partial charge in [-0.05, 0) is 25.8 Å². The second kappa shape index (κ2) is 8.79. The Morgan fingerprint density at radius 3 is 2.33 bits per heavy atom. The van der Waals surface area contributed by atoms with Gasteiger partial charge in [-0.2, -0.15) is 0 Å². The molecular weight excluding hydrogens is 200 g/mol. The number of alkyl halides is 1. The standard InChI is InChI=1S/C6H13BrOS/c7-5-3-1-2-4-6-8-9/h9H,1-6H2. The molecule has 0 radical (unpaired) electrons. The first kappa shape index (κ1) is 9.79. The summed E-state index contributed by atoms with van der Waals surface area (Å²) in [6, 6.07) is 0. The Bertz CT molecular complexity index is 46.3. The monoisotopic (exact) mass is 212 g/mol. The Morgan fingerprint density at radius 2 is 1.78 bits per heavy atom. The number of halogens is 1. The summed E-state index contributed by atoms with van der Waals surface area (Å²) in [4.78, 5) is 0. The normalized spacial score (nSPS) is 10.0. The quantitative estimate of drug-likeness (QED) is 0.309. The summed E-state index contributed by atoms with van der Waals surface area (Å²) >= 11 is 7.01. The van der Waals surface area contributed by atoms with E-state index in [1.807, 2.05) is 0 Å². The molecule has 0 heterocycles. The van der Waals surface area contributed by atoms with Crippen LogP contribution in [-0.4, -0.2) is 11.9 Å². The predicted molar refractivity (Wildman–Crippen MR) is 47.2 cm³/mol. The third-order valence-corrected chi connectivity index (χ3v) is 1.86. The van der Waals surface area contributed by atoms with Crippen LogP contribution in [0.4, 0.5) is 0 Å². The lowest BCUT2D eigenvalue weighted by atomic mass is 10.2. The first-order valence-corrected chi connectivity index (χ1v) is 4.73. The van der Waals surface area contributed by atoms with Crippen molar-refractivity contribution in [3.05, 3.63) is 0 Å². The molecule has 0 aliphatic carbocycles. The molecular formula is C6H13BrOS. The van der Waals surface area contributed by atoms with Crippen LogP contribution in [0.2, 0.25) is 0 Å². The molecule has 0 saturated carbocycles. The van der Waals surface area contributed by atoms with Crippen molar-refractivity contribution < 1.29 is 4.18 Å². The highest BCUT2D eigenvalue weighted by molar-refractivity contribution is 9.09. The van der Waals surface area contributed by atoms with Gasteiger partial charge in [0.25, 0.3) is 0 Å². The Balaban J connectivity index is 2.60. The fourth-order valence-corrected chi connectivity index (χ4v) is 1.14. The minimum atomic E-state index is 0.783. The van der Waals surface area contributed by atoms with Crippen molar-refractivity contribution >= 4 is 28.8 Å². The number of unbranched alkanes of at least 4 members (excludes halogenated alkanes) is 3. The third kappa shape index (κ3) is 8.79. The van der Waals surface area contributed by atoms with E-state index in [0.29, 0.717) is 0 Å². The molecule has 56 valence electrons. The summed E-state index contributed by atoms with van der Waals surface area (Å²) in [5, 5.41) is 1.12. The van der Waals surface area contributed by atoms with E-state index in [-0.39, 0.29) is 0 Å². The lowest BCUT2D eigenvalue weighted by Gasteiger charge is -1.95.